The summed E-state index contributed by atoms with van der Waals surface area (Å²) in [5.41, 5.74) is 5.66. The maximum absolute atomic E-state index is 11.3. The molecule has 3 atom stereocenters. The van der Waals surface area contributed by atoms with Crippen molar-refractivity contribution in [1.82, 2.24) is 5.32 Å². The molecule has 0 rings (SSSR count). The highest BCUT2D eigenvalue weighted by molar-refractivity contribution is 5.81. The van der Waals surface area contributed by atoms with E-state index in [-0.39, 0.29) is 18.4 Å². The first kappa shape index (κ1) is 12.4. The van der Waals surface area contributed by atoms with Gasteiger partial charge in [0.05, 0.1) is 12.1 Å². The topological polar surface area (TPSA) is 75.4 Å². The Morgan fingerprint density at radius 3 is 2.46 bits per heavy atom. The van der Waals surface area contributed by atoms with E-state index in [1.165, 1.54) is 0 Å². The molecule has 13 heavy (non-hydrogen) atoms. The van der Waals surface area contributed by atoms with Gasteiger partial charge in [0.15, 0.2) is 0 Å². The summed E-state index contributed by atoms with van der Waals surface area (Å²) in [6.45, 7) is 5.82. The second kappa shape index (κ2) is 5.94. The number of nitrogens with two attached hydrogens (primary N) is 1. The second-order valence-corrected chi connectivity index (χ2v) is 3.51. The Kier molecular flexibility index (Phi) is 5.66. The highest BCUT2D eigenvalue weighted by Gasteiger charge is 2.18. The lowest BCUT2D eigenvalue weighted by Crippen LogP contribution is -2.46. The average molecular weight is 188 g/mol. The third-order valence-electron chi connectivity index (χ3n) is 2.13. The smallest absolute Gasteiger partial charge is 0.237 e. The van der Waals surface area contributed by atoms with Gasteiger partial charge in [-0.05, 0) is 12.8 Å². The number of amides is 1. The van der Waals surface area contributed by atoms with E-state index >= 15 is 0 Å². The van der Waals surface area contributed by atoms with Gasteiger partial charge < -0.3 is 16.2 Å². The summed E-state index contributed by atoms with van der Waals surface area (Å²) in [5.74, 6) is -0.00995. The largest absolute Gasteiger partial charge is 0.392 e. The minimum absolute atomic E-state index is 0.175. The molecule has 0 saturated heterocycles. The Bertz CT molecular complexity index is 160. The predicted molar refractivity (Wildman–Crippen MR) is 52.1 cm³/mol. The number of hydrogen-bond acceptors (Lipinski definition) is 3. The quantitative estimate of drug-likeness (QED) is 0.562. The first-order valence-corrected chi connectivity index (χ1v) is 4.70. The van der Waals surface area contributed by atoms with Gasteiger partial charge in [-0.2, -0.15) is 0 Å². The van der Waals surface area contributed by atoms with E-state index in [4.69, 9.17) is 10.8 Å². The molecular formula is C9H20N2O2. The van der Waals surface area contributed by atoms with Gasteiger partial charge in [-0.3, -0.25) is 4.79 Å². The number of hydrogen-bond donors (Lipinski definition) is 3. The number of rotatable bonds is 5. The summed E-state index contributed by atoms with van der Waals surface area (Å²) in [5, 5.41) is 11.5. The highest BCUT2D eigenvalue weighted by Crippen LogP contribution is 2.04. The van der Waals surface area contributed by atoms with Crippen LogP contribution in [0.2, 0.25) is 0 Å². The lowest BCUT2D eigenvalue weighted by atomic mass is 9.99. The van der Waals surface area contributed by atoms with Crippen molar-refractivity contribution >= 4 is 5.91 Å². The van der Waals surface area contributed by atoms with Crippen molar-refractivity contribution < 1.29 is 9.90 Å². The maximum atomic E-state index is 11.3. The summed E-state index contributed by atoms with van der Waals surface area (Å²) in [6, 6.07) is -0.469. The van der Waals surface area contributed by atoms with Crippen molar-refractivity contribution in [3.8, 4) is 0 Å². The van der Waals surface area contributed by atoms with Gasteiger partial charge in [0, 0.05) is 6.54 Å². The van der Waals surface area contributed by atoms with Gasteiger partial charge in [-0.15, -0.1) is 0 Å². The van der Waals surface area contributed by atoms with Gasteiger partial charge in [0.2, 0.25) is 5.91 Å². The molecule has 0 aromatic carbocycles. The number of carbonyl (C=O) groups is 1. The number of aliphatic hydroxyl groups is 1. The minimum atomic E-state index is -0.520. The van der Waals surface area contributed by atoms with E-state index < -0.39 is 12.1 Å². The standard InChI is InChI=1S/C9H20N2O2/c1-4-6(2)8(10)9(13)11-5-7(3)12/h6-8,12H,4-5,10H2,1-3H3,(H,11,13). The molecule has 0 bridgehead atoms. The van der Waals surface area contributed by atoms with Gasteiger partial charge in [-0.25, -0.2) is 0 Å². The fourth-order valence-electron chi connectivity index (χ4n) is 0.878. The predicted octanol–water partition coefficient (Wildman–Crippen LogP) is -0.143. The number of nitrogens with one attached hydrogen (secondary N) is 1. The molecule has 0 aliphatic heterocycles. The molecular weight excluding hydrogens is 168 g/mol. The third kappa shape index (κ3) is 4.85. The first-order valence-electron chi connectivity index (χ1n) is 4.70. The fourth-order valence-corrected chi connectivity index (χ4v) is 0.878. The Hall–Kier alpha value is -0.610. The molecule has 4 nitrogen and oxygen atoms in total. The third-order valence-corrected chi connectivity index (χ3v) is 2.13. The molecule has 0 aliphatic carbocycles. The summed E-state index contributed by atoms with van der Waals surface area (Å²) in [4.78, 5) is 11.3. The normalized spacial score (nSPS) is 17.6. The molecule has 0 saturated carbocycles. The lowest BCUT2D eigenvalue weighted by molar-refractivity contribution is -0.123. The first-order chi connectivity index (χ1) is 5.99. The molecule has 0 spiro atoms. The lowest BCUT2D eigenvalue weighted by Gasteiger charge is -2.18. The molecule has 3 unspecified atom stereocenters. The van der Waals surface area contributed by atoms with Crippen LogP contribution in [0.15, 0.2) is 0 Å². The van der Waals surface area contributed by atoms with Crippen LogP contribution in [-0.2, 0) is 4.79 Å². The van der Waals surface area contributed by atoms with Crippen molar-refractivity contribution in [2.45, 2.75) is 39.3 Å². The molecule has 78 valence electrons. The van der Waals surface area contributed by atoms with Crippen LogP contribution >= 0.6 is 0 Å². The number of carbonyl (C=O) groups excluding carboxylic acids is 1. The molecule has 4 heteroatoms. The highest BCUT2D eigenvalue weighted by atomic mass is 16.3. The van der Waals surface area contributed by atoms with Gasteiger partial charge >= 0.3 is 0 Å². The SMILES string of the molecule is CCC(C)C(N)C(=O)NCC(C)O. The van der Waals surface area contributed by atoms with Crippen LogP contribution < -0.4 is 11.1 Å². The van der Waals surface area contributed by atoms with Crippen LogP contribution in [0.3, 0.4) is 0 Å². The Balaban J connectivity index is 3.82. The molecule has 0 heterocycles. The fraction of sp³-hybridized carbons (Fsp3) is 0.889. The minimum Gasteiger partial charge on any atom is -0.392 e. The number of aliphatic hydroxyl groups excluding tert-OH is 1. The second-order valence-electron chi connectivity index (χ2n) is 3.51. The molecule has 0 fully saturated rings. The zero-order valence-corrected chi connectivity index (χ0v) is 8.58. The molecule has 1 amide bonds. The molecule has 0 aromatic heterocycles. The van der Waals surface area contributed by atoms with E-state index in [1.807, 2.05) is 13.8 Å². The van der Waals surface area contributed by atoms with E-state index in [2.05, 4.69) is 5.32 Å². The van der Waals surface area contributed by atoms with Crippen LogP contribution in [0, 0.1) is 5.92 Å². The van der Waals surface area contributed by atoms with Gasteiger partial charge in [-0.1, -0.05) is 20.3 Å². The monoisotopic (exact) mass is 188 g/mol. The van der Waals surface area contributed by atoms with Crippen LogP contribution in [0.25, 0.3) is 0 Å². The van der Waals surface area contributed by atoms with Crippen molar-refractivity contribution in [2.24, 2.45) is 11.7 Å². The van der Waals surface area contributed by atoms with E-state index in [0.717, 1.165) is 6.42 Å². The zero-order chi connectivity index (χ0) is 10.4. The molecule has 0 radical (unpaired) electrons. The summed E-state index contributed by atoms with van der Waals surface area (Å²) >= 11 is 0. The summed E-state index contributed by atoms with van der Waals surface area (Å²) < 4.78 is 0. The van der Waals surface area contributed by atoms with Crippen molar-refractivity contribution in [3.63, 3.8) is 0 Å². The van der Waals surface area contributed by atoms with Crippen LogP contribution in [0.4, 0.5) is 0 Å². The molecule has 0 aromatic rings. The molecule has 4 N–H and O–H groups in total. The molecule has 0 aliphatic rings. The van der Waals surface area contributed by atoms with E-state index in [1.54, 1.807) is 6.92 Å². The van der Waals surface area contributed by atoms with Crippen LogP contribution in [0.1, 0.15) is 27.2 Å². The Labute approximate surface area is 79.5 Å². The van der Waals surface area contributed by atoms with Gasteiger partial charge in [0.1, 0.15) is 0 Å². The average Bonchev–Trinajstić information content (AvgIpc) is 2.11. The zero-order valence-electron chi connectivity index (χ0n) is 8.58. The van der Waals surface area contributed by atoms with Crippen molar-refractivity contribution in [3.05, 3.63) is 0 Å². The van der Waals surface area contributed by atoms with Crippen LogP contribution in [0.5, 0.6) is 0 Å². The summed E-state index contributed by atoms with van der Waals surface area (Å²) in [6.07, 6.45) is 0.358. The van der Waals surface area contributed by atoms with Gasteiger partial charge in [0.25, 0.3) is 0 Å². The summed E-state index contributed by atoms with van der Waals surface area (Å²) in [7, 11) is 0. The van der Waals surface area contributed by atoms with Crippen molar-refractivity contribution in [2.75, 3.05) is 6.54 Å². The van der Waals surface area contributed by atoms with E-state index in [9.17, 15) is 4.79 Å². The Morgan fingerprint density at radius 2 is 2.08 bits per heavy atom. The van der Waals surface area contributed by atoms with Crippen molar-refractivity contribution in [1.29, 1.82) is 0 Å². The Morgan fingerprint density at radius 1 is 1.54 bits per heavy atom. The maximum Gasteiger partial charge on any atom is 0.237 e. The van der Waals surface area contributed by atoms with E-state index in [0.29, 0.717) is 0 Å². The van der Waals surface area contributed by atoms with Crippen LogP contribution in [-0.4, -0.2) is 29.7 Å².